The van der Waals surface area contributed by atoms with Gasteiger partial charge in [0.15, 0.2) is 6.61 Å². The first-order valence-corrected chi connectivity index (χ1v) is 8.45. The van der Waals surface area contributed by atoms with Crippen LogP contribution in [0.1, 0.15) is 15.2 Å². The Morgan fingerprint density at radius 2 is 1.96 bits per heavy atom. The first-order valence-electron chi connectivity index (χ1n) is 7.25. The Morgan fingerprint density at radius 3 is 2.75 bits per heavy atom. The van der Waals surface area contributed by atoms with Crippen molar-refractivity contribution in [3.05, 3.63) is 64.0 Å². The smallest absolute Gasteiger partial charge is 0.348 e. The third-order valence-electron chi connectivity index (χ3n) is 3.50. The molecule has 0 unspecified atom stereocenters. The average Bonchev–Trinajstić information content (AvgIpc) is 3.01. The van der Waals surface area contributed by atoms with Crippen LogP contribution in [0.2, 0.25) is 5.02 Å². The molecule has 0 aliphatic rings. The molecule has 0 fully saturated rings. The van der Waals surface area contributed by atoms with E-state index in [1.165, 1.54) is 11.3 Å². The number of hydrogen-bond acceptors (Lipinski definition) is 4. The first kappa shape index (κ1) is 16.5. The van der Waals surface area contributed by atoms with Crippen molar-refractivity contribution in [3.63, 3.8) is 0 Å². The lowest BCUT2D eigenvalue weighted by Gasteiger charge is -2.09. The second-order valence-corrected chi connectivity index (χ2v) is 6.68. The minimum atomic E-state index is -0.505. The molecule has 1 amide bonds. The third kappa shape index (κ3) is 3.58. The van der Waals surface area contributed by atoms with Crippen molar-refractivity contribution in [2.45, 2.75) is 6.92 Å². The molecule has 0 saturated carbocycles. The molecule has 0 saturated heterocycles. The van der Waals surface area contributed by atoms with Gasteiger partial charge in [-0.05, 0) is 42.1 Å². The summed E-state index contributed by atoms with van der Waals surface area (Å²) in [5, 5.41) is 4.23. The molecule has 6 heteroatoms. The number of hydrogen-bond donors (Lipinski definition) is 1. The van der Waals surface area contributed by atoms with Crippen LogP contribution in [0.4, 0.5) is 5.69 Å². The molecular weight excluding hydrogens is 346 g/mol. The number of anilines is 1. The SMILES string of the molecule is Cc1c(Cl)cccc1NC(=O)COC(=O)c1cc2ccccc2s1. The highest BCUT2D eigenvalue weighted by Crippen LogP contribution is 2.26. The van der Waals surface area contributed by atoms with Gasteiger partial charge in [-0.3, -0.25) is 4.79 Å². The highest BCUT2D eigenvalue weighted by Gasteiger charge is 2.14. The lowest BCUT2D eigenvalue weighted by atomic mass is 10.2. The highest BCUT2D eigenvalue weighted by molar-refractivity contribution is 7.20. The lowest BCUT2D eigenvalue weighted by Crippen LogP contribution is -2.21. The van der Waals surface area contributed by atoms with Crippen molar-refractivity contribution in [2.24, 2.45) is 0 Å². The molecule has 4 nitrogen and oxygen atoms in total. The van der Waals surface area contributed by atoms with E-state index < -0.39 is 11.9 Å². The number of thiophene rings is 1. The summed E-state index contributed by atoms with van der Waals surface area (Å²) in [6.07, 6.45) is 0. The number of fused-ring (bicyclic) bond motifs is 1. The van der Waals surface area contributed by atoms with Gasteiger partial charge in [0.2, 0.25) is 0 Å². The first-order chi connectivity index (χ1) is 11.5. The van der Waals surface area contributed by atoms with Crippen LogP contribution in [0.5, 0.6) is 0 Å². The molecule has 0 aliphatic heterocycles. The fourth-order valence-corrected chi connectivity index (χ4v) is 3.34. The normalized spacial score (nSPS) is 10.6. The molecule has 0 aliphatic carbocycles. The van der Waals surface area contributed by atoms with Crippen molar-refractivity contribution in [2.75, 3.05) is 11.9 Å². The van der Waals surface area contributed by atoms with E-state index in [0.717, 1.165) is 15.6 Å². The summed E-state index contributed by atoms with van der Waals surface area (Å²) < 4.78 is 6.09. The number of esters is 1. The van der Waals surface area contributed by atoms with Gasteiger partial charge in [0.05, 0.1) is 0 Å². The predicted molar refractivity (Wildman–Crippen MR) is 96.9 cm³/mol. The molecule has 3 rings (SSSR count). The van der Waals surface area contributed by atoms with Crippen LogP contribution >= 0.6 is 22.9 Å². The van der Waals surface area contributed by atoms with Crippen LogP contribution < -0.4 is 5.32 Å². The molecule has 1 heterocycles. The van der Waals surface area contributed by atoms with E-state index in [1.54, 1.807) is 31.2 Å². The van der Waals surface area contributed by atoms with Crippen LogP contribution in [0, 0.1) is 6.92 Å². The number of nitrogens with one attached hydrogen (secondary N) is 1. The average molecular weight is 360 g/mol. The second-order valence-electron chi connectivity index (χ2n) is 5.19. The Kier molecular flexibility index (Phi) is 4.83. The fraction of sp³-hybridized carbons (Fsp3) is 0.111. The van der Waals surface area contributed by atoms with Crippen molar-refractivity contribution < 1.29 is 14.3 Å². The lowest BCUT2D eigenvalue weighted by molar-refractivity contribution is -0.119. The van der Waals surface area contributed by atoms with Crippen LogP contribution in [0.15, 0.2) is 48.5 Å². The van der Waals surface area contributed by atoms with Crippen LogP contribution in [0.25, 0.3) is 10.1 Å². The molecule has 0 bridgehead atoms. The van der Waals surface area contributed by atoms with Crippen molar-refractivity contribution in [1.29, 1.82) is 0 Å². The summed E-state index contributed by atoms with van der Waals surface area (Å²) >= 11 is 7.35. The minimum absolute atomic E-state index is 0.348. The number of halogens is 1. The standard InChI is InChI=1S/C18H14ClNO3S/c1-11-13(19)6-4-7-14(11)20-17(21)10-23-18(22)16-9-12-5-2-3-8-15(12)24-16/h2-9H,10H2,1H3,(H,20,21). The zero-order valence-electron chi connectivity index (χ0n) is 12.8. The molecule has 0 atom stereocenters. The summed E-state index contributed by atoms with van der Waals surface area (Å²) in [6.45, 7) is 1.46. The van der Waals surface area contributed by atoms with E-state index in [0.29, 0.717) is 15.6 Å². The van der Waals surface area contributed by atoms with Crippen LogP contribution in [0.3, 0.4) is 0 Å². The minimum Gasteiger partial charge on any atom is -0.451 e. The number of carbonyl (C=O) groups is 2. The number of ether oxygens (including phenoxy) is 1. The fourth-order valence-electron chi connectivity index (χ4n) is 2.21. The number of carbonyl (C=O) groups excluding carboxylic acids is 2. The van der Waals surface area contributed by atoms with Crippen molar-refractivity contribution in [3.8, 4) is 0 Å². The quantitative estimate of drug-likeness (QED) is 0.689. The Hall–Kier alpha value is -2.37. The zero-order valence-corrected chi connectivity index (χ0v) is 14.4. The van der Waals surface area contributed by atoms with Gasteiger partial charge in [0.25, 0.3) is 5.91 Å². The molecule has 24 heavy (non-hydrogen) atoms. The Balaban J connectivity index is 1.61. The summed E-state index contributed by atoms with van der Waals surface area (Å²) in [5.74, 6) is -0.913. The predicted octanol–water partition coefficient (Wildman–Crippen LogP) is 4.66. The molecule has 2 aromatic carbocycles. The summed E-state index contributed by atoms with van der Waals surface area (Å²) in [4.78, 5) is 24.5. The zero-order chi connectivity index (χ0) is 17.1. The van der Waals surface area contributed by atoms with Crippen LogP contribution in [-0.2, 0) is 9.53 Å². The molecule has 3 aromatic rings. The molecule has 122 valence electrons. The monoisotopic (exact) mass is 359 g/mol. The van der Waals surface area contributed by atoms with Gasteiger partial charge >= 0.3 is 5.97 Å². The van der Waals surface area contributed by atoms with Gasteiger partial charge in [-0.25, -0.2) is 4.79 Å². The largest absolute Gasteiger partial charge is 0.451 e. The van der Waals surface area contributed by atoms with E-state index in [9.17, 15) is 9.59 Å². The van der Waals surface area contributed by atoms with Crippen molar-refractivity contribution in [1.82, 2.24) is 0 Å². The van der Waals surface area contributed by atoms with Crippen molar-refractivity contribution >= 4 is 50.6 Å². The maximum absolute atomic E-state index is 12.1. The summed E-state index contributed by atoms with van der Waals surface area (Å²) in [5.41, 5.74) is 1.37. The summed E-state index contributed by atoms with van der Waals surface area (Å²) in [6, 6.07) is 14.7. The van der Waals surface area contributed by atoms with E-state index >= 15 is 0 Å². The van der Waals surface area contributed by atoms with Gasteiger partial charge in [0, 0.05) is 15.4 Å². The molecular formula is C18H14ClNO3S. The maximum Gasteiger partial charge on any atom is 0.348 e. The Morgan fingerprint density at radius 1 is 1.17 bits per heavy atom. The second kappa shape index (κ2) is 7.03. The number of benzene rings is 2. The van der Waals surface area contributed by atoms with Crippen LogP contribution in [-0.4, -0.2) is 18.5 Å². The van der Waals surface area contributed by atoms with E-state index in [1.807, 2.05) is 24.3 Å². The highest BCUT2D eigenvalue weighted by atomic mass is 35.5. The maximum atomic E-state index is 12.1. The number of amides is 1. The van der Waals surface area contributed by atoms with Gasteiger partial charge in [0.1, 0.15) is 4.88 Å². The Bertz CT molecular complexity index is 887. The van der Waals surface area contributed by atoms with Gasteiger partial charge in [-0.2, -0.15) is 0 Å². The third-order valence-corrected chi connectivity index (χ3v) is 5.01. The molecule has 1 aromatic heterocycles. The van der Waals surface area contributed by atoms with E-state index in [4.69, 9.17) is 16.3 Å². The Labute approximate surface area is 148 Å². The number of rotatable bonds is 4. The van der Waals surface area contributed by atoms with Gasteiger partial charge < -0.3 is 10.1 Å². The van der Waals surface area contributed by atoms with E-state index in [-0.39, 0.29) is 6.61 Å². The van der Waals surface area contributed by atoms with Gasteiger partial charge in [-0.15, -0.1) is 11.3 Å². The molecule has 0 spiro atoms. The summed E-state index contributed by atoms with van der Waals surface area (Å²) in [7, 11) is 0. The van der Waals surface area contributed by atoms with E-state index in [2.05, 4.69) is 5.32 Å². The molecule has 0 radical (unpaired) electrons. The molecule has 1 N–H and O–H groups in total. The topological polar surface area (TPSA) is 55.4 Å². The van der Waals surface area contributed by atoms with Gasteiger partial charge in [-0.1, -0.05) is 35.9 Å².